The number of piperazine rings is 1. The van der Waals surface area contributed by atoms with Crippen LogP contribution in [0.25, 0.3) is 11.1 Å². The highest BCUT2D eigenvalue weighted by Crippen LogP contribution is 2.36. The Morgan fingerprint density at radius 3 is 2.34 bits per heavy atom. The molecule has 1 aliphatic rings. The number of nitrogens with one attached hydrogen (secondary N) is 1. The third kappa shape index (κ3) is 5.66. The van der Waals surface area contributed by atoms with Gasteiger partial charge in [-0.25, -0.2) is 4.79 Å². The van der Waals surface area contributed by atoms with E-state index in [1.54, 1.807) is 14.0 Å². The summed E-state index contributed by atoms with van der Waals surface area (Å²) in [6.07, 6.45) is 0. The van der Waals surface area contributed by atoms with Crippen molar-refractivity contribution in [3.05, 3.63) is 65.5 Å². The van der Waals surface area contributed by atoms with Crippen molar-refractivity contribution in [3.63, 3.8) is 0 Å². The summed E-state index contributed by atoms with van der Waals surface area (Å²) < 4.78 is 10.6. The van der Waals surface area contributed by atoms with Crippen LogP contribution in [-0.2, 0) is 9.53 Å². The first-order valence-electron chi connectivity index (χ1n) is 11.8. The number of rotatable bonds is 8. The minimum Gasteiger partial charge on any atom is -0.497 e. The second-order valence-corrected chi connectivity index (χ2v) is 9.21. The van der Waals surface area contributed by atoms with Crippen molar-refractivity contribution in [2.45, 2.75) is 19.9 Å². The van der Waals surface area contributed by atoms with Gasteiger partial charge in [0.05, 0.1) is 19.8 Å². The summed E-state index contributed by atoms with van der Waals surface area (Å²) >= 11 is 1.35. The van der Waals surface area contributed by atoms with Gasteiger partial charge in [0, 0.05) is 42.8 Å². The second kappa shape index (κ2) is 11.4. The van der Waals surface area contributed by atoms with Crippen molar-refractivity contribution >= 4 is 33.9 Å². The van der Waals surface area contributed by atoms with E-state index in [0.717, 1.165) is 48.7 Å². The van der Waals surface area contributed by atoms with Crippen LogP contribution < -0.4 is 15.0 Å². The maximum absolute atomic E-state index is 13.2. The Morgan fingerprint density at radius 2 is 1.71 bits per heavy atom. The Bertz CT molecular complexity index is 1140. The number of carbonyl (C=O) groups excluding carboxylic acids is 2. The smallest absolute Gasteiger partial charge is 0.341 e. The third-order valence-electron chi connectivity index (χ3n) is 6.27. The van der Waals surface area contributed by atoms with E-state index >= 15 is 0 Å². The van der Waals surface area contributed by atoms with Gasteiger partial charge in [-0.15, -0.1) is 11.3 Å². The maximum atomic E-state index is 13.2. The lowest BCUT2D eigenvalue weighted by atomic mass is 10.0. The fourth-order valence-corrected chi connectivity index (χ4v) is 5.19. The molecule has 0 unspecified atom stereocenters. The summed E-state index contributed by atoms with van der Waals surface area (Å²) in [4.78, 5) is 30.5. The van der Waals surface area contributed by atoms with Gasteiger partial charge in [-0.2, -0.15) is 0 Å². The van der Waals surface area contributed by atoms with E-state index in [1.165, 1.54) is 11.3 Å². The molecule has 1 atom stereocenters. The van der Waals surface area contributed by atoms with Crippen molar-refractivity contribution in [2.24, 2.45) is 0 Å². The summed E-state index contributed by atoms with van der Waals surface area (Å²) in [6, 6.07) is 17.4. The number of anilines is 2. The van der Waals surface area contributed by atoms with Gasteiger partial charge in [-0.1, -0.05) is 30.3 Å². The Labute approximate surface area is 210 Å². The molecule has 0 bridgehead atoms. The lowest BCUT2D eigenvalue weighted by Gasteiger charge is -2.38. The van der Waals surface area contributed by atoms with E-state index < -0.39 is 5.97 Å². The first kappa shape index (κ1) is 24.8. The summed E-state index contributed by atoms with van der Waals surface area (Å²) in [6.45, 7) is 7.15. The van der Waals surface area contributed by atoms with Crippen molar-refractivity contribution in [1.82, 2.24) is 4.90 Å². The van der Waals surface area contributed by atoms with Crippen LogP contribution >= 0.6 is 11.3 Å². The highest BCUT2D eigenvalue weighted by atomic mass is 32.1. The number of esters is 1. The van der Waals surface area contributed by atoms with Crippen LogP contribution in [0.5, 0.6) is 5.75 Å². The van der Waals surface area contributed by atoms with E-state index in [4.69, 9.17) is 9.47 Å². The molecule has 7 nitrogen and oxygen atoms in total. The molecule has 1 N–H and O–H groups in total. The lowest BCUT2D eigenvalue weighted by molar-refractivity contribution is -0.120. The molecule has 3 aromatic rings. The predicted octanol–water partition coefficient (Wildman–Crippen LogP) is 4.75. The minimum absolute atomic E-state index is 0.130. The second-order valence-electron chi connectivity index (χ2n) is 8.33. The average molecular weight is 494 g/mol. The molecule has 0 saturated carbocycles. The van der Waals surface area contributed by atoms with E-state index in [9.17, 15) is 9.59 Å². The Kier molecular flexibility index (Phi) is 8.05. The van der Waals surface area contributed by atoms with E-state index in [1.807, 2.05) is 54.8 Å². The number of ether oxygens (including phenoxy) is 2. The van der Waals surface area contributed by atoms with Gasteiger partial charge < -0.3 is 19.7 Å². The molecule has 2 heterocycles. The van der Waals surface area contributed by atoms with Crippen LogP contribution in [0.4, 0.5) is 10.7 Å². The van der Waals surface area contributed by atoms with Crippen molar-refractivity contribution < 1.29 is 19.1 Å². The number of hydrogen-bond acceptors (Lipinski definition) is 7. The molecular formula is C27H31N3O4S. The number of thiophene rings is 1. The number of amides is 1. The van der Waals surface area contributed by atoms with Crippen LogP contribution in [-0.4, -0.2) is 62.7 Å². The number of hydrogen-bond donors (Lipinski definition) is 1. The van der Waals surface area contributed by atoms with Gasteiger partial charge in [-0.3, -0.25) is 9.69 Å². The van der Waals surface area contributed by atoms with E-state index in [0.29, 0.717) is 10.6 Å². The number of benzene rings is 2. The van der Waals surface area contributed by atoms with Gasteiger partial charge in [0.1, 0.15) is 16.3 Å². The van der Waals surface area contributed by atoms with E-state index in [-0.39, 0.29) is 18.6 Å². The van der Waals surface area contributed by atoms with Gasteiger partial charge in [0.2, 0.25) is 5.91 Å². The Hall–Kier alpha value is -3.36. The third-order valence-corrected chi connectivity index (χ3v) is 7.17. The SMILES string of the molecule is CCOC(=O)c1c(-c2ccccc2)csc1NC(=O)[C@H](C)N1CCN(c2ccc(OC)cc2)CC1. The predicted molar refractivity (Wildman–Crippen MR) is 141 cm³/mol. The first-order chi connectivity index (χ1) is 17.0. The minimum atomic E-state index is -0.427. The molecule has 0 radical (unpaired) electrons. The standard InChI is InChI=1S/C27H31N3O4S/c1-4-34-27(32)24-23(20-8-6-5-7-9-20)18-35-26(24)28-25(31)19(2)29-14-16-30(17-15-29)21-10-12-22(33-3)13-11-21/h5-13,18-19H,4,14-17H2,1-3H3,(H,28,31)/t19-/m0/s1. The molecule has 8 heteroatoms. The van der Waals surface area contributed by atoms with Crippen LogP contribution in [0.1, 0.15) is 24.2 Å². The summed E-state index contributed by atoms with van der Waals surface area (Å²) in [5.41, 5.74) is 3.24. The zero-order valence-electron chi connectivity index (χ0n) is 20.3. The fourth-order valence-electron chi connectivity index (χ4n) is 4.23. The molecule has 2 aromatic carbocycles. The monoisotopic (exact) mass is 493 g/mol. The highest BCUT2D eigenvalue weighted by Gasteiger charge is 2.28. The van der Waals surface area contributed by atoms with Crippen molar-refractivity contribution in [3.8, 4) is 16.9 Å². The molecule has 1 amide bonds. The molecule has 0 spiro atoms. The van der Waals surface area contributed by atoms with Crippen molar-refractivity contribution in [1.29, 1.82) is 0 Å². The van der Waals surface area contributed by atoms with Crippen LogP contribution in [0.3, 0.4) is 0 Å². The van der Waals surface area contributed by atoms with Crippen LogP contribution in [0.2, 0.25) is 0 Å². The van der Waals surface area contributed by atoms with Gasteiger partial charge in [0.15, 0.2) is 0 Å². The topological polar surface area (TPSA) is 71.1 Å². The largest absolute Gasteiger partial charge is 0.497 e. The average Bonchev–Trinajstić information content (AvgIpc) is 3.32. The van der Waals surface area contributed by atoms with Gasteiger partial charge in [-0.05, 0) is 43.7 Å². The van der Waals surface area contributed by atoms with Gasteiger partial charge >= 0.3 is 5.97 Å². The zero-order chi connectivity index (χ0) is 24.8. The molecule has 1 aliphatic heterocycles. The molecule has 1 aromatic heterocycles. The molecule has 1 fully saturated rings. The summed E-state index contributed by atoms with van der Waals surface area (Å²) in [7, 11) is 1.66. The lowest BCUT2D eigenvalue weighted by Crippen LogP contribution is -2.52. The van der Waals surface area contributed by atoms with Gasteiger partial charge in [0.25, 0.3) is 0 Å². The van der Waals surface area contributed by atoms with Crippen molar-refractivity contribution in [2.75, 3.05) is 50.1 Å². The molecule has 4 rings (SSSR count). The zero-order valence-corrected chi connectivity index (χ0v) is 21.1. The summed E-state index contributed by atoms with van der Waals surface area (Å²) in [5.74, 6) is 0.280. The molecule has 35 heavy (non-hydrogen) atoms. The molecule has 1 saturated heterocycles. The Morgan fingerprint density at radius 1 is 1.03 bits per heavy atom. The number of carbonyl (C=O) groups is 2. The summed E-state index contributed by atoms with van der Waals surface area (Å²) in [5, 5.41) is 5.42. The van der Waals surface area contributed by atoms with Crippen LogP contribution in [0.15, 0.2) is 60.0 Å². The van der Waals surface area contributed by atoms with Crippen LogP contribution in [0, 0.1) is 0 Å². The molecule has 184 valence electrons. The fraction of sp³-hybridized carbons (Fsp3) is 0.333. The Balaban J connectivity index is 1.43. The molecular weight excluding hydrogens is 462 g/mol. The first-order valence-corrected chi connectivity index (χ1v) is 12.7. The van der Waals surface area contributed by atoms with E-state index in [2.05, 4.69) is 27.2 Å². The maximum Gasteiger partial charge on any atom is 0.341 e. The quantitative estimate of drug-likeness (QED) is 0.457. The normalized spacial score (nSPS) is 14.9. The number of methoxy groups -OCH3 is 1. The number of nitrogens with zero attached hydrogens (tertiary/aromatic N) is 2. The molecule has 0 aliphatic carbocycles. The highest BCUT2D eigenvalue weighted by molar-refractivity contribution is 7.15.